The van der Waals surface area contributed by atoms with E-state index in [2.05, 4.69) is 24.1 Å². The quantitative estimate of drug-likeness (QED) is 0.584. The predicted molar refractivity (Wildman–Crippen MR) is 129 cm³/mol. The molecule has 0 spiro atoms. The van der Waals surface area contributed by atoms with Gasteiger partial charge >= 0.3 is 0 Å². The van der Waals surface area contributed by atoms with Crippen LogP contribution in [0.4, 0.5) is 17.2 Å². The summed E-state index contributed by atoms with van der Waals surface area (Å²) >= 11 is 7.28. The Balaban J connectivity index is 1.60. The number of amides is 1. The highest BCUT2D eigenvalue weighted by molar-refractivity contribution is 7.21. The van der Waals surface area contributed by atoms with Gasteiger partial charge in [-0.25, -0.2) is 4.98 Å². The Bertz CT molecular complexity index is 1190. The summed E-state index contributed by atoms with van der Waals surface area (Å²) in [5, 5.41) is 4.40. The van der Waals surface area contributed by atoms with E-state index in [1.165, 1.54) is 11.3 Å². The number of anilines is 3. The van der Waals surface area contributed by atoms with Crippen LogP contribution in [0, 0.1) is 0 Å². The van der Waals surface area contributed by atoms with E-state index in [0.29, 0.717) is 47.5 Å². The van der Waals surface area contributed by atoms with E-state index in [9.17, 15) is 4.79 Å². The first-order valence-electron chi connectivity index (χ1n) is 10.6. The normalized spacial score (nSPS) is 17.9. The number of carbonyl (C=O) groups is 1. The van der Waals surface area contributed by atoms with Crippen LogP contribution in [-0.4, -0.2) is 42.8 Å². The summed E-state index contributed by atoms with van der Waals surface area (Å²) in [5.74, 6) is 0.665. The summed E-state index contributed by atoms with van der Waals surface area (Å²) in [6, 6.07) is 7.00. The van der Waals surface area contributed by atoms with Gasteiger partial charge in [-0.2, -0.15) is 0 Å². The molecule has 1 fully saturated rings. The number of hydrogen-bond donors (Lipinski definition) is 2. The Labute approximate surface area is 195 Å². The van der Waals surface area contributed by atoms with Crippen molar-refractivity contribution < 1.29 is 14.3 Å². The third-order valence-corrected chi connectivity index (χ3v) is 7.25. The molecule has 32 heavy (non-hydrogen) atoms. The molecule has 4 heterocycles. The van der Waals surface area contributed by atoms with E-state index < -0.39 is 0 Å². The fraction of sp³-hybridized carbons (Fsp3) is 0.391. The Kier molecular flexibility index (Phi) is 5.49. The summed E-state index contributed by atoms with van der Waals surface area (Å²) in [6.45, 7) is 7.52. The lowest BCUT2D eigenvalue weighted by atomic mass is 9.89. The zero-order valence-electron chi connectivity index (χ0n) is 18.0. The summed E-state index contributed by atoms with van der Waals surface area (Å²) < 4.78 is 11.7. The monoisotopic (exact) mass is 472 g/mol. The number of nitrogens with one attached hydrogen (secondary N) is 1. The average molecular weight is 473 g/mol. The minimum Gasteiger partial charge on any atom is -0.397 e. The number of halogens is 1. The standard InChI is InChI=1S/C23H25ClN4O3S/c1-23(2)11-15-16(12-31-23)20(28-7-9-30-10-8-28)27-22-17(15)18(25)19(32-22)21(29)26-14-5-3-13(24)4-6-14/h3-6H,7-12,25H2,1-2H3,(H,26,29). The third-order valence-electron chi connectivity index (χ3n) is 5.90. The average Bonchev–Trinajstić information content (AvgIpc) is 3.11. The van der Waals surface area contributed by atoms with Gasteiger partial charge in [-0.1, -0.05) is 11.6 Å². The fourth-order valence-electron chi connectivity index (χ4n) is 4.27. The number of nitrogens with zero attached hydrogens (tertiary/aromatic N) is 2. The van der Waals surface area contributed by atoms with Gasteiger partial charge in [0.2, 0.25) is 0 Å². The zero-order chi connectivity index (χ0) is 22.5. The first-order chi connectivity index (χ1) is 15.3. The number of thiophene rings is 1. The highest BCUT2D eigenvalue weighted by Crippen LogP contribution is 2.43. The Morgan fingerprint density at radius 2 is 1.94 bits per heavy atom. The van der Waals surface area contributed by atoms with E-state index in [1.807, 2.05) is 0 Å². The molecule has 0 unspecified atom stereocenters. The van der Waals surface area contributed by atoms with E-state index in [1.54, 1.807) is 24.3 Å². The van der Waals surface area contributed by atoms with Crippen LogP contribution in [0.3, 0.4) is 0 Å². The van der Waals surface area contributed by atoms with E-state index in [4.69, 9.17) is 31.8 Å². The highest BCUT2D eigenvalue weighted by Gasteiger charge is 2.34. The van der Waals surface area contributed by atoms with E-state index in [-0.39, 0.29) is 11.5 Å². The van der Waals surface area contributed by atoms with Crippen molar-refractivity contribution in [2.45, 2.75) is 32.5 Å². The second kappa shape index (κ2) is 8.19. The number of hydrogen-bond acceptors (Lipinski definition) is 7. The fourth-order valence-corrected chi connectivity index (χ4v) is 5.41. The van der Waals surface area contributed by atoms with Crippen molar-refractivity contribution in [3.63, 3.8) is 0 Å². The maximum Gasteiger partial charge on any atom is 0.267 e. The largest absolute Gasteiger partial charge is 0.397 e. The molecule has 2 aliphatic rings. The number of morpholine rings is 1. The second-order valence-electron chi connectivity index (χ2n) is 8.70. The van der Waals surface area contributed by atoms with Crippen LogP contribution in [0.2, 0.25) is 5.02 Å². The highest BCUT2D eigenvalue weighted by atomic mass is 35.5. The number of nitrogens with two attached hydrogens (primary N) is 1. The first kappa shape index (κ1) is 21.5. The summed E-state index contributed by atoms with van der Waals surface area (Å²) in [7, 11) is 0. The lowest BCUT2D eigenvalue weighted by Gasteiger charge is -2.36. The summed E-state index contributed by atoms with van der Waals surface area (Å²) in [4.78, 5) is 21.5. The van der Waals surface area contributed by atoms with E-state index in [0.717, 1.165) is 40.3 Å². The summed E-state index contributed by atoms with van der Waals surface area (Å²) in [6.07, 6.45) is 0.706. The number of carbonyl (C=O) groups excluding carboxylic acids is 1. The third kappa shape index (κ3) is 3.92. The number of benzene rings is 1. The molecule has 5 rings (SSSR count). The van der Waals surface area contributed by atoms with Crippen LogP contribution in [0.15, 0.2) is 24.3 Å². The molecule has 0 bridgehead atoms. The predicted octanol–water partition coefficient (Wildman–Crippen LogP) is 4.47. The van der Waals surface area contributed by atoms with Crippen molar-refractivity contribution in [2.24, 2.45) is 0 Å². The van der Waals surface area contributed by atoms with Crippen molar-refractivity contribution >= 4 is 56.3 Å². The molecule has 1 saturated heterocycles. The smallest absolute Gasteiger partial charge is 0.267 e. The number of nitrogen functional groups attached to an aromatic ring is 1. The molecule has 9 heteroatoms. The molecule has 0 atom stereocenters. The summed E-state index contributed by atoms with van der Waals surface area (Å²) in [5.41, 5.74) is 9.59. The first-order valence-corrected chi connectivity index (χ1v) is 11.8. The Morgan fingerprint density at radius 1 is 1.22 bits per heavy atom. The van der Waals surface area contributed by atoms with Crippen LogP contribution in [0.25, 0.3) is 10.2 Å². The molecule has 2 aliphatic heterocycles. The van der Waals surface area contributed by atoms with Gasteiger partial charge in [0.15, 0.2) is 0 Å². The molecular formula is C23H25ClN4O3S. The minimum absolute atomic E-state index is 0.249. The van der Waals surface area contributed by atoms with Crippen molar-refractivity contribution in [3.8, 4) is 0 Å². The van der Waals surface area contributed by atoms with Crippen LogP contribution in [-0.2, 0) is 22.5 Å². The van der Waals surface area contributed by atoms with Crippen LogP contribution in [0.5, 0.6) is 0 Å². The van der Waals surface area contributed by atoms with Gasteiger partial charge in [0.05, 0.1) is 31.1 Å². The molecule has 1 amide bonds. The lowest BCUT2D eigenvalue weighted by molar-refractivity contribution is -0.0396. The van der Waals surface area contributed by atoms with Gasteiger partial charge in [-0.05, 0) is 43.7 Å². The number of pyridine rings is 1. The van der Waals surface area contributed by atoms with Gasteiger partial charge in [-0.15, -0.1) is 11.3 Å². The van der Waals surface area contributed by atoms with Crippen molar-refractivity contribution in [1.29, 1.82) is 0 Å². The molecule has 2 aromatic heterocycles. The minimum atomic E-state index is -0.316. The number of rotatable bonds is 3. The van der Waals surface area contributed by atoms with Crippen molar-refractivity contribution in [2.75, 3.05) is 42.3 Å². The van der Waals surface area contributed by atoms with Crippen molar-refractivity contribution in [3.05, 3.63) is 45.3 Å². The van der Waals surface area contributed by atoms with Crippen LogP contribution < -0.4 is 16.0 Å². The van der Waals surface area contributed by atoms with Crippen LogP contribution in [0.1, 0.15) is 34.6 Å². The molecule has 7 nitrogen and oxygen atoms in total. The van der Waals surface area contributed by atoms with Gasteiger partial charge in [0.1, 0.15) is 15.5 Å². The molecule has 0 saturated carbocycles. The van der Waals surface area contributed by atoms with Gasteiger partial charge in [-0.3, -0.25) is 4.79 Å². The molecule has 3 N–H and O–H groups in total. The van der Waals surface area contributed by atoms with Gasteiger partial charge in [0.25, 0.3) is 5.91 Å². The van der Waals surface area contributed by atoms with Crippen molar-refractivity contribution in [1.82, 2.24) is 4.98 Å². The lowest BCUT2D eigenvalue weighted by Crippen LogP contribution is -2.39. The Morgan fingerprint density at radius 3 is 2.66 bits per heavy atom. The molecule has 3 aromatic rings. The maximum atomic E-state index is 13.1. The SMILES string of the molecule is CC1(C)Cc2c(c(N3CCOCC3)nc3sc(C(=O)Nc4ccc(Cl)cc4)c(N)c23)CO1. The second-order valence-corrected chi connectivity index (χ2v) is 10.1. The molecule has 0 aliphatic carbocycles. The molecule has 168 valence electrons. The number of fused-ring (bicyclic) bond motifs is 3. The topological polar surface area (TPSA) is 89.7 Å². The van der Waals surface area contributed by atoms with Gasteiger partial charge in [0, 0.05) is 41.2 Å². The molecular weight excluding hydrogens is 448 g/mol. The molecule has 0 radical (unpaired) electrons. The molecule has 1 aromatic carbocycles. The van der Waals surface area contributed by atoms with E-state index >= 15 is 0 Å². The Hall–Kier alpha value is -2.39. The maximum absolute atomic E-state index is 13.1. The van der Waals surface area contributed by atoms with Gasteiger partial charge < -0.3 is 25.4 Å². The zero-order valence-corrected chi connectivity index (χ0v) is 19.6. The number of ether oxygens (including phenoxy) is 2. The number of aromatic nitrogens is 1. The van der Waals surface area contributed by atoms with Crippen LogP contribution >= 0.6 is 22.9 Å².